The third-order valence-electron chi connectivity index (χ3n) is 3.65. The first kappa shape index (κ1) is 14.3. The fourth-order valence-corrected chi connectivity index (χ4v) is 2.52. The summed E-state index contributed by atoms with van der Waals surface area (Å²) in [5, 5.41) is 11.9. The van der Waals surface area contributed by atoms with Gasteiger partial charge in [-0.3, -0.25) is 0 Å². The monoisotopic (exact) mass is 300 g/mol. The van der Waals surface area contributed by atoms with E-state index in [1.165, 1.54) is 24.3 Å². The smallest absolute Gasteiger partial charge is 0.177 e. The summed E-state index contributed by atoms with van der Waals surface area (Å²) in [7, 11) is 0. The van der Waals surface area contributed by atoms with E-state index in [1.807, 2.05) is 0 Å². The Hall–Kier alpha value is -2.62. The van der Waals surface area contributed by atoms with E-state index < -0.39 is 11.6 Å². The van der Waals surface area contributed by atoms with Gasteiger partial charge in [0.25, 0.3) is 0 Å². The zero-order valence-corrected chi connectivity index (χ0v) is 12.2. The predicted molar refractivity (Wildman–Crippen MR) is 81.8 cm³/mol. The zero-order chi connectivity index (χ0) is 15.9. The molecular formula is C18H14F2O2. The van der Waals surface area contributed by atoms with E-state index in [-0.39, 0.29) is 11.2 Å². The minimum atomic E-state index is -0.448. The molecule has 2 nitrogen and oxygen atoms in total. The van der Waals surface area contributed by atoms with Gasteiger partial charge in [0.1, 0.15) is 17.2 Å². The van der Waals surface area contributed by atoms with Gasteiger partial charge in [-0.2, -0.15) is 0 Å². The highest BCUT2D eigenvalue weighted by Gasteiger charge is 2.12. The summed E-state index contributed by atoms with van der Waals surface area (Å²) < 4.78 is 32.4. The van der Waals surface area contributed by atoms with Gasteiger partial charge < -0.3 is 9.52 Å². The fraction of sp³-hybridized carbons (Fsp3) is 0.111. The van der Waals surface area contributed by atoms with Crippen molar-refractivity contribution in [2.45, 2.75) is 13.8 Å². The fourth-order valence-electron chi connectivity index (χ4n) is 2.52. The molecule has 0 radical (unpaired) electrons. The largest absolute Gasteiger partial charge is 0.504 e. The Morgan fingerprint density at radius 2 is 1.77 bits per heavy atom. The van der Waals surface area contributed by atoms with Crippen LogP contribution in [0.3, 0.4) is 0 Å². The van der Waals surface area contributed by atoms with E-state index in [1.54, 1.807) is 32.1 Å². The molecule has 0 atom stereocenters. The van der Waals surface area contributed by atoms with Crippen LogP contribution in [0.15, 0.2) is 40.8 Å². The Labute approximate surface area is 125 Å². The summed E-state index contributed by atoms with van der Waals surface area (Å²) in [4.78, 5) is 0. The maximum atomic E-state index is 13.5. The molecule has 112 valence electrons. The van der Waals surface area contributed by atoms with Gasteiger partial charge in [-0.15, -0.1) is 0 Å². The number of hydrogen-bond donors (Lipinski definition) is 1. The van der Waals surface area contributed by atoms with Crippen LogP contribution in [0.5, 0.6) is 0 Å². The maximum absolute atomic E-state index is 13.5. The summed E-state index contributed by atoms with van der Waals surface area (Å²) in [5.74, 6) is -1.03. The number of benzene rings is 2. The van der Waals surface area contributed by atoms with E-state index in [9.17, 15) is 13.9 Å². The van der Waals surface area contributed by atoms with Gasteiger partial charge in [-0.05, 0) is 43.7 Å². The van der Waals surface area contributed by atoms with E-state index in [0.29, 0.717) is 27.3 Å². The highest BCUT2D eigenvalue weighted by atomic mass is 19.1. The molecule has 0 saturated carbocycles. The average Bonchev–Trinajstić information content (AvgIpc) is 2.86. The van der Waals surface area contributed by atoms with Crippen LogP contribution in [0.25, 0.3) is 22.8 Å². The Morgan fingerprint density at radius 1 is 1.09 bits per heavy atom. The van der Waals surface area contributed by atoms with E-state index in [0.717, 1.165) is 0 Å². The normalized spacial score (nSPS) is 13.7. The van der Waals surface area contributed by atoms with Crippen molar-refractivity contribution in [3.63, 3.8) is 0 Å². The maximum Gasteiger partial charge on any atom is 0.177 e. The van der Waals surface area contributed by atoms with Gasteiger partial charge in [-0.25, -0.2) is 8.78 Å². The topological polar surface area (TPSA) is 33.4 Å². The van der Waals surface area contributed by atoms with Crippen LogP contribution in [0.2, 0.25) is 0 Å². The molecule has 0 spiro atoms. The Bertz CT molecular complexity index is 984. The van der Waals surface area contributed by atoms with E-state index in [2.05, 4.69) is 0 Å². The van der Waals surface area contributed by atoms with Gasteiger partial charge in [-0.1, -0.05) is 12.1 Å². The molecule has 1 N–H and O–H groups in total. The van der Waals surface area contributed by atoms with Crippen molar-refractivity contribution >= 4 is 22.8 Å². The molecule has 2 aromatic carbocycles. The van der Waals surface area contributed by atoms with Gasteiger partial charge in [0, 0.05) is 22.2 Å². The van der Waals surface area contributed by atoms with Crippen molar-refractivity contribution in [2.24, 2.45) is 0 Å². The van der Waals surface area contributed by atoms with Crippen LogP contribution in [0, 0.1) is 18.6 Å². The molecule has 22 heavy (non-hydrogen) atoms. The molecule has 1 heterocycles. The summed E-state index contributed by atoms with van der Waals surface area (Å²) in [6, 6.07) is 8.35. The number of hydrogen-bond acceptors (Lipinski definition) is 2. The zero-order valence-electron chi connectivity index (χ0n) is 12.2. The third-order valence-corrected chi connectivity index (χ3v) is 3.65. The molecule has 0 bridgehead atoms. The van der Waals surface area contributed by atoms with Crippen molar-refractivity contribution in [2.75, 3.05) is 0 Å². The number of fused-ring (bicyclic) bond motifs is 1. The Kier molecular flexibility index (Phi) is 3.45. The molecule has 3 aromatic rings. The molecule has 4 heteroatoms. The Balaban J connectivity index is 2.44. The molecule has 0 fully saturated rings. The number of halogens is 2. The minimum absolute atomic E-state index is 0.165. The van der Waals surface area contributed by atoms with Crippen LogP contribution in [0.4, 0.5) is 8.78 Å². The number of aryl methyl sites for hydroxylation is 1. The first-order valence-corrected chi connectivity index (χ1v) is 6.85. The lowest BCUT2D eigenvalue weighted by Gasteiger charge is -2.03. The molecule has 0 amide bonds. The van der Waals surface area contributed by atoms with Gasteiger partial charge in [0.2, 0.25) is 0 Å². The van der Waals surface area contributed by atoms with E-state index in [4.69, 9.17) is 4.42 Å². The van der Waals surface area contributed by atoms with Gasteiger partial charge >= 0.3 is 0 Å². The first-order valence-electron chi connectivity index (χ1n) is 6.85. The molecular weight excluding hydrogens is 286 g/mol. The number of aliphatic hydroxyl groups excluding tert-OH is 1. The van der Waals surface area contributed by atoms with Gasteiger partial charge in [0.05, 0.1) is 0 Å². The summed E-state index contributed by atoms with van der Waals surface area (Å²) in [5.41, 5.74) is 1.61. The second kappa shape index (κ2) is 5.30. The van der Waals surface area contributed by atoms with Crippen molar-refractivity contribution in [1.29, 1.82) is 0 Å². The third kappa shape index (κ3) is 2.26. The van der Waals surface area contributed by atoms with Crippen LogP contribution in [-0.2, 0) is 0 Å². The number of aliphatic hydroxyl groups is 1. The van der Waals surface area contributed by atoms with Gasteiger partial charge in [0.15, 0.2) is 11.2 Å². The summed E-state index contributed by atoms with van der Waals surface area (Å²) >= 11 is 0. The standard InChI is InChI=1S/C18H14F2O2/c1-3-13-14-7-6-12(20)9-16(14)22-18(13)17(21)15-8-11(19)5-4-10(15)2/h3-9,21H,1-2H3/b13-3?,18-17-. The van der Waals surface area contributed by atoms with Crippen molar-refractivity contribution < 1.29 is 18.3 Å². The number of rotatable bonds is 1. The molecule has 0 aliphatic rings. The second-order valence-electron chi connectivity index (χ2n) is 5.08. The van der Waals surface area contributed by atoms with Crippen molar-refractivity contribution in [3.8, 4) is 0 Å². The van der Waals surface area contributed by atoms with Crippen molar-refractivity contribution in [1.82, 2.24) is 0 Å². The predicted octanol–water partition coefficient (Wildman–Crippen LogP) is 3.53. The van der Waals surface area contributed by atoms with Crippen molar-refractivity contribution in [3.05, 3.63) is 69.8 Å². The van der Waals surface area contributed by atoms with Crippen LogP contribution < -0.4 is 10.6 Å². The minimum Gasteiger partial charge on any atom is -0.504 e. The Morgan fingerprint density at radius 3 is 2.50 bits per heavy atom. The molecule has 3 rings (SSSR count). The molecule has 0 unspecified atom stereocenters. The quantitative estimate of drug-likeness (QED) is 0.746. The van der Waals surface area contributed by atoms with Crippen LogP contribution in [-0.4, -0.2) is 5.11 Å². The average molecular weight is 300 g/mol. The summed E-state index contributed by atoms with van der Waals surface area (Å²) in [6.45, 7) is 3.56. The summed E-state index contributed by atoms with van der Waals surface area (Å²) in [6.07, 6.45) is 1.77. The highest BCUT2D eigenvalue weighted by molar-refractivity contribution is 5.80. The van der Waals surface area contributed by atoms with Crippen LogP contribution >= 0.6 is 0 Å². The lowest BCUT2D eigenvalue weighted by Crippen LogP contribution is -2.23. The molecule has 0 saturated heterocycles. The first-order chi connectivity index (χ1) is 10.5. The molecule has 0 aliphatic heterocycles. The number of furan rings is 1. The molecule has 0 aliphatic carbocycles. The molecule has 1 aromatic heterocycles. The van der Waals surface area contributed by atoms with E-state index >= 15 is 0 Å². The van der Waals surface area contributed by atoms with Crippen LogP contribution in [0.1, 0.15) is 18.1 Å². The lowest BCUT2D eigenvalue weighted by molar-refractivity contribution is 0.469. The highest BCUT2D eigenvalue weighted by Crippen LogP contribution is 2.17. The SMILES string of the molecule is CC=c1/c(=C(/O)c2cc(F)ccc2C)oc2cc(F)ccc12. The lowest BCUT2D eigenvalue weighted by atomic mass is 10.1. The second-order valence-corrected chi connectivity index (χ2v) is 5.08.